The minimum atomic E-state index is 0.875. The fourth-order valence-corrected chi connectivity index (χ4v) is 9.22. The molecule has 0 radical (unpaired) electrons. The van der Waals surface area contributed by atoms with Crippen LogP contribution in [0.2, 0.25) is 0 Å². The normalized spacial score (nSPS) is 11.9. The van der Waals surface area contributed by atoms with Crippen LogP contribution in [0.25, 0.3) is 110 Å². The Morgan fingerprint density at radius 3 is 1.70 bits per heavy atom. The molecule has 3 nitrogen and oxygen atoms in total. The van der Waals surface area contributed by atoms with E-state index in [0.717, 1.165) is 49.9 Å². The molecule has 12 rings (SSSR count). The second-order valence-electron chi connectivity index (χ2n) is 14.9. The van der Waals surface area contributed by atoms with E-state index in [1.54, 1.807) is 0 Å². The first-order chi connectivity index (χ1) is 28.3. The Morgan fingerprint density at radius 2 is 0.895 bits per heavy atom. The van der Waals surface area contributed by atoms with E-state index in [4.69, 9.17) is 4.42 Å². The first-order valence-electron chi connectivity index (χ1n) is 19.5. The molecule has 0 aliphatic carbocycles. The zero-order chi connectivity index (χ0) is 37.5. The molecule has 0 fully saturated rings. The van der Waals surface area contributed by atoms with Crippen LogP contribution in [-0.4, -0.2) is 9.13 Å². The van der Waals surface area contributed by atoms with Crippen LogP contribution in [0, 0.1) is 0 Å². The van der Waals surface area contributed by atoms with Gasteiger partial charge in [-0.05, 0) is 88.0 Å². The van der Waals surface area contributed by atoms with E-state index in [-0.39, 0.29) is 0 Å². The summed E-state index contributed by atoms with van der Waals surface area (Å²) in [6.45, 7) is 0. The van der Waals surface area contributed by atoms with Gasteiger partial charge in [-0.25, -0.2) is 0 Å². The van der Waals surface area contributed by atoms with Crippen molar-refractivity contribution in [1.29, 1.82) is 0 Å². The van der Waals surface area contributed by atoms with Gasteiger partial charge >= 0.3 is 0 Å². The van der Waals surface area contributed by atoms with E-state index in [2.05, 4.69) is 215 Å². The van der Waals surface area contributed by atoms with Crippen LogP contribution in [0.15, 0.2) is 211 Å². The molecule has 0 unspecified atom stereocenters. The van der Waals surface area contributed by atoms with E-state index in [1.807, 2.05) is 0 Å². The standard InChI is InChI=1S/C54H34N2O/c1-3-15-35(16-4-1)39-19-7-8-20-40(39)44-30-32-50(54-53(44)45-23-11-14-26-52(45)57-54)56-48-25-13-9-21-41(48)43-29-27-37(34-51(43)56)36-28-31-49-46(33-36)42-22-10-12-24-47(42)55(49)38-17-5-2-6-18-38/h1-34H. The SMILES string of the molecule is c1ccc(-c2ccccc2-c2ccc(-n3c4ccccc4c4ccc(-c5ccc6c(c5)c5ccccc5n6-c5ccccc5)cc43)c3oc4ccccc4c23)cc1. The summed E-state index contributed by atoms with van der Waals surface area (Å²) < 4.78 is 11.7. The van der Waals surface area contributed by atoms with Crippen LogP contribution in [0.4, 0.5) is 0 Å². The summed E-state index contributed by atoms with van der Waals surface area (Å²) >= 11 is 0. The maximum absolute atomic E-state index is 6.93. The highest BCUT2D eigenvalue weighted by molar-refractivity contribution is 6.18. The largest absolute Gasteiger partial charge is 0.454 e. The van der Waals surface area contributed by atoms with Gasteiger partial charge in [0, 0.05) is 38.0 Å². The fraction of sp³-hybridized carbons (Fsp3) is 0. The molecule has 0 bridgehead atoms. The van der Waals surface area contributed by atoms with E-state index >= 15 is 0 Å². The highest BCUT2D eigenvalue weighted by atomic mass is 16.3. The van der Waals surface area contributed by atoms with Crippen LogP contribution >= 0.6 is 0 Å². The van der Waals surface area contributed by atoms with Gasteiger partial charge < -0.3 is 13.6 Å². The van der Waals surface area contributed by atoms with Crippen molar-refractivity contribution in [2.24, 2.45) is 0 Å². The molecule has 0 aliphatic heterocycles. The van der Waals surface area contributed by atoms with Gasteiger partial charge in [-0.15, -0.1) is 0 Å². The smallest absolute Gasteiger partial charge is 0.160 e. The van der Waals surface area contributed by atoms with Gasteiger partial charge in [-0.2, -0.15) is 0 Å². The number of para-hydroxylation sites is 4. The van der Waals surface area contributed by atoms with Crippen molar-refractivity contribution < 1.29 is 4.42 Å². The van der Waals surface area contributed by atoms with E-state index in [0.29, 0.717) is 0 Å². The third-order valence-corrected chi connectivity index (χ3v) is 11.7. The van der Waals surface area contributed by atoms with Crippen LogP contribution in [-0.2, 0) is 0 Å². The molecule has 0 N–H and O–H groups in total. The molecule has 0 aliphatic rings. The Hall–Kier alpha value is -7.62. The van der Waals surface area contributed by atoms with Gasteiger partial charge in [0.2, 0.25) is 0 Å². The maximum atomic E-state index is 6.93. The molecule has 3 heteroatoms. The van der Waals surface area contributed by atoms with Crippen molar-refractivity contribution in [3.63, 3.8) is 0 Å². The molecule has 3 aromatic heterocycles. The monoisotopic (exact) mass is 726 g/mol. The minimum Gasteiger partial charge on any atom is -0.454 e. The summed E-state index contributed by atoms with van der Waals surface area (Å²) in [5.41, 5.74) is 15.7. The number of benzene rings is 9. The molecular weight excluding hydrogens is 693 g/mol. The molecule has 0 spiro atoms. The number of hydrogen-bond donors (Lipinski definition) is 0. The fourth-order valence-electron chi connectivity index (χ4n) is 9.22. The number of aromatic nitrogens is 2. The molecule has 0 saturated heterocycles. The number of fused-ring (bicyclic) bond motifs is 9. The van der Waals surface area contributed by atoms with Crippen LogP contribution in [0.5, 0.6) is 0 Å². The van der Waals surface area contributed by atoms with Crippen molar-refractivity contribution in [1.82, 2.24) is 9.13 Å². The van der Waals surface area contributed by atoms with Crippen LogP contribution in [0.3, 0.4) is 0 Å². The van der Waals surface area contributed by atoms with Gasteiger partial charge in [0.15, 0.2) is 5.58 Å². The third kappa shape index (κ3) is 4.79. The minimum absolute atomic E-state index is 0.875. The van der Waals surface area contributed by atoms with E-state index < -0.39 is 0 Å². The molecule has 3 heterocycles. The quantitative estimate of drug-likeness (QED) is 0.173. The van der Waals surface area contributed by atoms with Crippen molar-refractivity contribution in [3.05, 3.63) is 206 Å². The van der Waals surface area contributed by atoms with Crippen LogP contribution < -0.4 is 0 Å². The van der Waals surface area contributed by atoms with Crippen molar-refractivity contribution >= 4 is 65.6 Å². The number of hydrogen-bond acceptors (Lipinski definition) is 1. The lowest BCUT2D eigenvalue weighted by atomic mass is 9.91. The Bertz CT molecular complexity index is 3510. The second kappa shape index (κ2) is 12.5. The Balaban J connectivity index is 1.10. The lowest BCUT2D eigenvalue weighted by Crippen LogP contribution is -1.96. The first kappa shape index (κ1) is 31.7. The second-order valence-corrected chi connectivity index (χ2v) is 14.9. The molecule has 12 aromatic rings. The number of nitrogens with zero attached hydrogens (tertiary/aromatic N) is 2. The van der Waals surface area contributed by atoms with E-state index in [1.165, 1.54) is 60.4 Å². The van der Waals surface area contributed by atoms with Crippen molar-refractivity contribution in [2.45, 2.75) is 0 Å². The third-order valence-electron chi connectivity index (χ3n) is 11.7. The summed E-state index contributed by atoms with van der Waals surface area (Å²) in [6, 6.07) is 74.3. The molecule has 0 atom stereocenters. The lowest BCUT2D eigenvalue weighted by Gasteiger charge is -2.15. The molecule has 266 valence electrons. The number of rotatable bonds is 5. The maximum Gasteiger partial charge on any atom is 0.160 e. The predicted molar refractivity (Wildman–Crippen MR) is 239 cm³/mol. The van der Waals surface area contributed by atoms with Gasteiger partial charge in [0.1, 0.15) is 5.58 Å². The van der Waals surface area contributed by atoms with Gasteiger partial charge in [0.25, 0.3) is 0 Å². The Kier molecular flexibility index (Phi) is 6.93. The molecule has 57 heavy (non-hydrogen) atoms. The predicted octanol–water partition coefficient (Wildman–Crippen LogP) is 14.8. The number of furan rings is 1. The van der Waals surface area contributed by atoms with Crippen LogP contribution in [0.1, 0.15) is 0 Å². The zero-order valence-corrected chi connectivity index (χ0v) is 30.9. The average Bonchev–Trinajstić information content (AvgIpc) is 3.94. The Labute approximate surface area is 328 Å². The van der Waals surface area contributed by atoms with Crippen molar-refractivity contribution in [2.75, 3.05) is 0 Å². The summed E-state index contributed by atoms with van der Waals surface area (Å²) in [7, 11) is 0. The van der Waals surface area contributed by atoms with E-state index in [9.17, 15) is 0 Å². The summed E-state index contributed by atoms with van der Waals surface area (Å²) in [5.74, 6) is 0. The lowest BCUT2D eigenvalue weighted by molar-refractivity contribution is 0.666. The molecule has 0 amide bonds. The summed E-state index contributed by atoms with van der Waals surface area (Å²) in [6.07, 6.45) is 0. The van der Waals surface area contributed by atoms with Crippen molar-refractivity contribution in [3.8, 4) is 44.8 Å². The topological polar surface area (TPSA) is 23.0 Å². The van der Waals surface area contributed by atoms with Gasteiger partial charge in [0.05, 0.1) is 27.8 Å². The first-order valence-corrected chi connectivity index (χ1v) is 19.5. The highest BCUT2D eigenvalue weighted by Crippen LogP contribution is 2.45. The average molecular weight is 727 g/mol. The Morgan fingerprint density at radius 1 is 0.316 bits per heavy atom. The molecule has 9 aromatic carbocycles. The van der Waals surface area contributed by atoms with Gasteiger partial charge in [-0.1, -0.05) is 152 Å². The molecule has 0 saturated carbocycles. The zero-order valence-electron chi connectivity index (χ0n) is 30.9. The van der Waals surface area contributed by atoms with Gasteiger partial charge in [-0.3, -0.25) is 0 Å². The summed E-state index contributed by atoms with van der Waals surface area (Å²) in [4.78, 5) is 0. The summed E-state index contributed by atoms with van der Waals surface area (Å²) in [5, 5.41) is 7.13. The highest BCUT2D eigenvalue weighted by Gasteiger charge is 2.22. The molecular formula is C54H34N2O.